The van der Waals surface area contributed by atoms with E-state index in [0.29, 0.717) is 17.7 Å². The van der Waals surface area contributed by atoms with Gasteiger partial charge in [0.1, 0.15) is 0 Å². The molecule has 0 amide bonds. The van der Waals surface area contributed by atoms with Crippen molar-refractivity contribution in [3.05, 3.63) is 35.4 Å². The van der Waals surface area contributed by atoms with Crippen LogP contribution in [-0.4, -0.2) is 12.1 Å². The molecule has 0 saturated heterocycles. The lowest BCUT2D eigenvalue weighted by Crippen LogP contribution is -1.99. The minimum atomic E-state index is -0.504. The van der Waals surface area contributed by atoms with Crippen molar-refractivity contribution in [1.82, 2.24) is 0 Å². The van der Waals surface area contributed by atoms with E-state index in [1.807, 2.05) is 0 Å². The summed E-state index contributed by atoms with van der Waals surface area (Å²) < 4.78 is 0. The second-order valence-corrected chi connectivity index (χ2v) is 2.58. The van der Waals surface area contributed by atoms with Gasteiger partial charge >= 0.3 is 0 Å². The fourth-order valence-corrected chi connectivity index (χ4v) is 1.00. The number of ketones is 1. The summed E-state index contributed by atoms with van der Waals surface area (Å²) in [6, 6.07) is 6.64. The number of hydrogen-bond acceptors (Lipinski definition) is 2. The molecule has 1 aromatic carbocycles. The maximum Gasteiger partial charge on any atom is 0.225 e. The smallest absolute Gasteiger partial charge is 0.225 e. The molecule has 0 aliphatic heterocycles. The number of Topliss-reactive ketones (excluding diaryl/α,β-unsaturated/α-hetero) is 1. The summed E-state index contributed by atoms with van der Waals surface area (Å²) in [5.41, 5.74) is 1.33. The molecule has 0 heterocycles. The molecule has 0 aromatic heterocycles. The molecule has 1 rings (SSSR count). The average molecular weight is 183 g/mol. The van der Waals surface area contributed by atoms with Crippen LogP contribution in [0.5, 0.6) is 0 Å². The Morgan fingerprint density at radius 1 is 1.33 bits per heavy atom. The van der Waals surface area contributed by atoms with Gasteiger partial charge in [-0.15, -0.1) is 11.6 Å². The van der Waals surface area contributed by atoms with Crippen LogP contribution in [0.2, 0.25) is 0 Å². The van der Waals surface area contributed by atoms with Crippen LogP contribution in [0.25, 0.3) is 0 Å². The fourth-order valence-electron chi connectivity index (χ4n) is 0.826. The highest BCUT2D eigenvalue weighted by molar-refractivity contribution is 6.33. The number of benzene rings is 1. The molecule has 12 heavy (non-hydrogen) atoms. The topological polar surface area (TPSA) is 34.1 Å². The first kappa shape index (κ1) is 8.94. The summed E-state index contributed by atoms with van der Waals surface area (Å²) in [4.78, 5) is 20.9. The van der Waals surface area contributed by atoms with Crippen LogP contribution in [0.1, 0.15) is 15.9 Å². The Bertz CT molecular complexity index is 290. The largest absolute Gasteiger partial charge is 0.294 e. The lowest BCUT2D eigenvalue weighted by molar-refractivity contribution is -0.104. The molecular weight excluding hydrogens is 176 g/mol. The van der Waals surface area contributed by atoms with E-state index in [1.54, 1.807) is 24.3 Å². The van der Waals surface area contributed by atoms with E-state index in [9.17, 15) is 9.59 Å². The summed E-state index contributed by atoms with van der Waals surface area (Å²) in [5.74, 6) is -0.0913. The van der Waals surface area contributed by atoms with Gasteiger partial charge in [0, 0.05) is 11.4 Å². The lowest BCUT2D eigenvalue weighted by Gasteiger charge is -1.95. The quantitative estimate of drug-likeness (QED) is 0.309. The SMILES string of the molecule is O=CC(=O)c1ccc(CCl)cc1. The van der Waals surface area contributed by atoms with E-state index in [0.717, 1.165) is 5.56 Å². The van der Waals surface area contributed by atoms with E-state index in [1.165, 1.54) is 0 Å². The van der Waals surface area contributed by atoms with Gasteiger partial charge in [-0.3, -0.25) is 9.59 Å². The highest BCUT2D eigenvalue weighted by Crippen LogP contribution is 2.06. The second kappa shape index (κ2) is 4.02. The number of halogens is 1. The van der Waals surface area contributed by atoms with E-state index in [4.69, 9.17) is 11.6 Å². The Morgan fingerprint density at radius 3 is 2.33 bits per heavy atom. The molecule has 0 aliphatic carbocycles. The molecular formula is C9H7ClO2. The first-order valence-corrected chi connectivity index (χ1v) is 3.96. The van der Waals surface area contributed by atoms with Crippen LogP contribution in [0.3, 0.4) is 0 Å². The van der Waals surface area contributed by atoms with E-state index < -0.39 is 5.78 Å². The summed E-state index contributed by atoms with van der Waals surface area (Å²) in [6.45, 7) is 0. The molecule has 0 N–H and O–H groups in total. The third-order valence-electron chi connectivity index (χ3n) is 1.50. The number of carbonyl (C=O) groups excluding carboxylic acids is 2. The van der Waals surface area contributed by atoms with E-state index >= 15 is 0 Å². The first-order valence-electron chi connectivity index (χ1n) is 3.42. The van der Waals surface area contributed by atoms with E-state index in [-0.39, 0.29) is 0 Å². The van der Waals surface area contributed by atoms with Crippen LogP contribution in [0.15, 0.2) is 24.3 Å². The van der Waals surface area contributed by atoms with Gasteiger partial charge in [0.25, 0.3) is 0 Å². The standard InChI is InChI=1S/C9H7ClO2/c10-5-7-1-3-8(4-2-7)9(12)6-11/h1-4,6H,5H2. The summed E-state index contributed by atoms with van der Waals surface area (Å²) >= 11 is 5.54. The van der Waals surface area contributed by atoms with Crippen molar-refractivity contribution in [2.45, 2.75) is 5.88 Å². The fraction of sp³-hybridized carbons (Fsp3) is 0.111. The molecule has 62 valence electrons. The lowest BCUT2D eigenvalue weighted by atomic mass is 10.1. The minimum absolute atomic E-state index is 0.301. The Labute approximate surface area is 75.2 Å². The molecule has 0 atom stereocenters. The third-order valence-corrected chi connectivity index (χ3v) is 1.81. The van der Waals surface area contributed by atoms with Crippen molar-refractivity contribution in [1.29, 1.82) is 0 Å². The maximum atomic E-state index is 10.8. The van der Waals surface area contributed by atoms with Crippen LogP contribution in [0, 0.1) is 0 Å². The third kappa shape index (κ3) is 1.92. The molecule has 2 nitrogen and oxygen atoms in total. The Morgan fingerprint density at radius 2 is 1.92 bits per heavy atom. The molecule has 0 radical (unpaired) electrons. The molecule has 3 heteroatoms. The maximum absolute atomic E-state index is 10.8. The van der Waals surface area contributed by atoms with Crippen LogP contribution in [0.4, 0.5) is 0 Å². The number of aldehydes is 1. The average Bonchev–Trinajstić information content (AvgIpc) is 2.17. The summed E-state index contributed by atoms with van der Waals surface area (Å²) in [7, 11) is 0. The van der Waals surface area contributed by atoms with Crippen molar-refractivity contribution >= 4 is 23.7 Å². The molecule has 0 fully saturated rings. The summed E-state index contributed by atoms with van der Waals surface area (Å²) in [5, 5.41) is 0. The molecule has 0 unspecified atom stereocenters. The van der Waals surface area contributed by atoms with Gasteiger partial charge in [0.15, 0.2) is 6.29 Å². The highest BCUT2D eigenvalue weighted by Gasteiger charge is 2.01. The molecule has 1 aromatic rings. The molecule has 0 saturated carbocycles. The van der Waals surface area contributed by atoms with Crippen LogP contribution < -0.4 is 0 Å². The zero-order valence-corrected chi connectivity index (χ0v) is 7.04. The van der Waals surface area contributed by atoms with Gasteiger partial charge in [-0.1, -0.05) is 24.3 Å². The van der Waals surface area contributed by atoms with Gasteiger partial charge < -0.3 is 0 Å². The van der Waals surface area contributed by atoms with E-state index in [2.05, 4.69) is 0 Å². The Hall–Kier alpha value is -1.15. The molecule has 0 spiro atoms. The number of rotatable bonds is 3. The van der Waals surface area contributed by atoms with Crippen LogP contribution in [-0.2, 0) is 10.7 Å². The highest BCUT2D eigenvalue weighted by atomic mass is 35.5. The minimum Gasteiger partial charge on any atom is -0.294 e. The van der Waals surface area contributed by atoms with Gasteiger partial charge in [0.05, 0.1) is 0 Å². The van der Waals surface area contributed by atoms with Crippen molar-refractivity contribution in [3.63, 3.8) is 0 Å². The number of hydrogen-bond donors (Lipinski definition) is 0. The molecule has 0 bridgehead atoms. The Balaban J connectivity index is 2.91. The molecule has 0 aliphatic rings. The predicted molar refractivity (Wildman–Crippen MR) is 46.4 cm³/mol. The van der Waals surface area contributed by atoms with Crippen LogP contribution >= 0.6 is 11.6 Å². The van der Waals surface area contributed by atoms with Gasteiger partial charge in [0.2, 0.25) is 5.78 Å². The second-order valence-electron chi connectivity index (χ2n) is 2.31. The zero-order chi connectivity index (χ0) is 8.97. The zero-order valence-electron chi connectivity index (χ0n) is 6.29. The first-order chi connectivity index (χ1) is 5.77. The van der Waals surface area contributed by atoms with Gasteiger partial charge in [-0.05, 0) is 5.56 Å². The Kier molecular flexibility index (Phi) is 3.00. The number of carbonyl (C=O) groups is 2. The predicted octanol–water partition coefficient (Wildman–Crippen LogP) is 1.81. The van der Waals surface area contributed by atoms with Crippen molar-refractivity contribution in [3.8, 4) is 0 Å². The van der Waals surface area contributed by atoms with Crippen molar-refractivity contribution < 1.29 is 9.59 Å². The summed E-state index contributed by atoms with van der Waals surface area (Å²) in [6.07, 6.45) is 0.301. The normalized spacial score (nSPS) is 9.42. The van der Waals surface area contributed by atoms with Gasteiger partial charge in [-0.2, -0.15) is 0 Å². The number of alkyl halides is 1. The van der Waals surface area contributed by atoms with Crippen molar-refractivity contribution in [2.75, 3.05) is 0 Å². The monoisotopic (exact) mass is 182 g/mol. The van der Waals surface area contributed by atoms with Crippen molar-refractivity contribution in [2.24, 2.45) is 0 Å². The van der Waals surface area contributed by atoms with Gasteiger partial charge in [-0.25, -0.2) is 0 Å².